The van der Waals surface area contributed by atoms with Crippen LogP contribution in [0, 0.1) is 0 Å². The van der Waals surface area contributed by atoms with Crippen molar-refractivity contribution in [1.82, 2.24) is 10.0 Å². The minimum atomic E-state index is -3.56. The molecule has 0 unspecified atom stereocenters. The molecule has 21 heavy (non-hydrogen) atoms. The quantitative estimate of drug-likeness (QED) is 0.758. The first-order valence-corrected chi connectivity index (χ1v) is 9.53. The fourth-order valence-corrected chi connectivity index (χ4v) is 4.30. The van der Waals surface area contributed by atoms with Crippen molar-refractivity contribution in [1.29, 1.82) is 0 Å². The highest BCUT2D eigenvalue weighted by molar-refractivity contribution is 8.00. The van der Waals surface area contributed by atoms with Crippen molar-refractivity contribution in [2.75, 3.05) is 27.0 Å². The van der Waals surface area contributed by atoms with E-state index in [9.17, 15) is 8.42 Å². The lowest BCUT2D eigenvalue weighted by Crippen LogP contribution is -2.32. The predicted octanol–water partition coefficient (Wildman–Crippen LogP) is 1.59. The molecule has 7 heteroatoms. The second-order valence-corrected chi connectivity index (χ2v) is 8.24. The third-order valence-corrected chi connectivity index (χ3v) is 6.56. The number of methoxy groups -OCH3 is 1. The highest BCUT2D eigenvalue weighted by Crippen LogP contribution is 2.46. The monoisotopic (exact) mass is 330 g/mol. The summed E-state index contributed by atoms with van der Waals surface area (Å²) < 4.78 is 33.1. The molecule has 1 aliphatic rings. The zero-order chi connectivity index (χ0) is 15.5. The van der Waals surface area contributed by atoms with E-state index in [1.165, 1.54) is 7.11 Å². The number of benzene rings is 1. The largest absolute Gasteiger partial charge is 0.495 e. The number of hydrogen-bond acceptors (Lipinski definition) is 5. The molecule has 2 rings (SSSR count). The van der Waals surface area contributed by atoms with Gasteiger partial charge >= 0.3 is 0 Å². The van der Waals surface area contributed by atoms with E-state index in [2.05, 4.69) is 10.0 Å². The summed E-state index contributed by atoms with van der Waals surface area (Å²) in [6.45, 7) is 1.08. The minimum Gasteiger partial charge on any atom is -0.495 e. The number of sulfonamides is 1. The molecule has 1 aromatic carbocycles. The van der Waals surface area contributed by atoms with E-state index in [0.717, 1.165) is 18.4 Å². The first-order chi connectivity index (χ1) is 9.96. The first-order valence-electron chi connectivity index (χ1n) is 6.83. The van der Waals surface area contributed by atoms with Crippen LogP contribution in [0.15, 0.2) is 23.1 Å². The van der Waals surface area contributed by atoms with Crippen molar-refractivity contribution >= 4 is 21.8 Å². The molecule has 0 bridgehead atoms. The van der Waals surface area contributed by atoms with Crippen molar-refractivity contribution in [2.45, 2.75) is 29.0 Å². The highest BCUT2D eigenvalue weighted by atomic mass is 32.2. The van der Waals surface area contributed by atoms with E-state index in [4.69, 9.17) is 4.74 Å². The zero-order valence-electron chi connectivity index (χ0n) is 12.6. The minimum absolute atomic E-state index is 0.0862. The van der Waals surface area contributed by atoms with Gasteiger partial charge in [-0.05, 0) is 43.8 Å². The van der Waals surface area contributed by atoms with Crippen molar-refractivity contribution in [3.05, 3.63) is 23.8 Å². The van der Waals surface area contributed by atoms with Gasteiger partial charge in [-0.1, -0.05) is 6.07 Å². The Hall–Kier alpha value is -0.760. The average molecular weight is 330 g/mol. The summed E-state index contributed by atoms with van der Waals surface area (Å²) in [6, 6.07) is 5.22. The smallest absolute Gasteiger partial charge is 0.244 e. The molecule has 0 saturated heterocycles. The second kappa shape index (κ2) is 6.56. The van der Waals surface area contributed by atoms with Gasteiger partial charge in [0.05, 0.1) is 7.11 Å². The lowest BCUT2D eigenvalue weighted by molar-refractivity contribution is 0.402. The first kappa shape index (κ1) is 16.6. The summed E-state index contributed by atoms with van der Waals surface area (Å²) in [6.07, 6.45) is 4.15. The van der Waals surface area contributed by atoms with E-state index >= 15 is 0 Å². The van der Waals surface area contributed by atoms with E-state index in [1.54, 1.807) is 23.9 Å². The Morgan fingerprint density at radius 3 is 2.62 bits per heavy atom. The molecule has 1 fully saturated rings. The number of hydrogen-bond donors (Lipinski definition) is 2. The standard InChI is InChI=1S/C14H22N2O3S2/c1-15-9-11-4-5-12(19-2)13(8-11)21(17,18)16-10-14(20-3)6-7-14/h4-5,8,15-16H,6-7,9-10H2,1-3H3. The highest BCUT2D eigenvalue weighted by Gasteiger charge is 2.42. The third kappa shape index (κ3) is 3.91. The van der Waals surface area contributed by atoms with Crippen LogP contribution in [0.5, 0.6) is 5.75 Å². The van der Waals surface area contributed by atoms with Crippen LogP contribution in [-0.2, 0) is 16.6 Å². The van der Waals surface area contributed by atoms with Crippen LogP contribution in [-0.4, -0.2) is 40.1 Å². The Morgan fingerprint density at radius 1 is 1.38 bits per heavy atom. The van der Waals surface area contributed by atoms with E-state index in [1.807, 2.05) is 19.4 Å². The van der Waals surface area contributed by atoms with Gasteiger partial charge in [0.1, 0.15) is 10.6 Å². The van der Waals surface area contributed by atoms with E-state index in [-0.39, 0.29) is 9.64 Å². The molecule has 0 heterocycles. The molecule has 0 spiro atoms. The Kier molecular flexibility index (Phi) is 5.19. The molecular formula is C14H22N2O3S2. The Balaban J connectivity index is 2.22. The van der Waals surface area contributed by atoms with Crippen molar-refractivity contribution < 1.29 is 13.2 Å². The summed E-state index contributed by atoms with van der Waals surface area (Å²) in [5, 5.41) is 3.02. The molecule has 1 aliphatic carbocycles. The molecule has 5 nitrogen and oxygen atoms in total. The topological polar surface area (TPSA) is 67.4 Å². The van der Waals surface area contributed by atoms with Crippen LogP contribution in [0.4, 0.5) is 0 Å². The van der Waals surface area contributed by atoms with Gasteiger partial charge < -0.3 is 10.1 Å². The fraction of sp³-hybridized carbons (Fsp3) is 0.571. The normalized spacial score (nSPS) is 16.7. The average Bonchev–Trinajstić information content (AvgIpc) is 3.26. The van der Waals surface area contributed by atoms with Crippen molar-refractivity contribution in [2.24, 2.45) is 0 Å². The van der Waals surface area contributed by atoms with Crippen LogP contribution in [0.3, 0.4) is 0 Å². The summed E-state index contributed by atoms with van der Waals surface area (Å²) >= 11 is 1.73. The molecule has 0 atom stereocenters. The molecule has 1 saturated carbocycles. The summed E-state index contributed by atoms with van der Waals surface area (Å²) in [5.74, 6) is 0.372. The van der Waals surface area contributed by atoms with Gasteiger partial charge in [-0.15, -0.1) is 0 Å². The molecule has 0 aliphatic heterocycles. The third-order valence-electron chi connectivity index (χ3n) is 3.72. The van der Waals surface area contributed by atoms with Crippen LogP contribution in [0.2, 0.25) is 0 Å². The van der Waals surface area contributed by atoms with Gasteiger partial charge in [0.25, 0.3) is 0 Å². The molecule has 0 radical (unpaired) electrons. The number of ether oxygens (including phenoxy) is 1. The van der Waals surface area contributed by atoms with Gasteiger partial charge in [0.15, 0.2) is 0 Å². The fourth-order valence-electron chi connectivity index (χ4n) is 2.14. The number of nitrogens with one attached hydrogen (secondary N) is 2. The lowest BCUT2D eigenvalue weighted by atomic mass is 10.2. The maximum Gasteiger partial charge on any atom is 0.244 e. The molecule has 0 amide bonds. The molecule has 0 aromatic heterocycles. The van der Waals surface area contributed by atoms with Crippen LogP contribution >= 0.6 is 11.8 Å². The van der Waals surface area contributed by atoms with E-state index in [0.29, 0.717) is 18.8 Å². The van der Waals surface area contributed by atoms with Crippen LogP contribution < -0.4 is 14.8 Å². The van der Waals surface area contributed by atoms with Crippen molar-refractivity contribution in [3.8, 4) is 5.75 Å². The second-order valence-electron chi connectivity index (χ2n) is 5.23. The van der Waals surface area contributed by atoms with Gasteiger partial charge in [0, 0.05) is 17.8 Å². The number of thioether (sulfide) groups is 1. The zero-order valence-corrected chi connectivity index (χ0v) is 14.2. The van der Waals surface area contributed by atoms with E-state index < -0.39 is 10.0 Å². The van der Waals surface area contributed by atoms with Gasteiger partial charge in [-0.3, -0.25) is 0 Å². The van der Waals surface area contributed by atoms with Crippen LogP contribution in [0.1, 0.15) is 18.4 Å². The Labute approximate surface area is 130 Å². The summed E-state index contributed by atoms with van der Waals surface area (Å²) in [7, 11) is -0.255. The SMILES string of the molecule is CNCc1ccc(OC)c(S(=O)(=O)NCC2(SC)CC2)c1. The lowest BCUT2D eigenvalue weighted by Gasteiger charge is -2.16. The van der Waals surface area contributed by atoms with Gasteiger partial charge in [0.2, 0.25) is 10.0 Å². The van der Waals surface area contributed by atoms with Gasteiger partial charge in [-0.2, -0.15) is 11.8 Å². The molecule has 1 aromatic rings. The molecule has 2 N–H and O–H groups in total. The maximum absolute atomic E-state index is 12.5. The Morgan fingerprint density at radius 2 is 2.10 bits per heavy atom. The summed E-state index contributed by atoms with van der Waals surface area (Å²) in [4.78, 5) is 0.203. The van der Waals surface area contributed by atoms with Crippen molar-refractivity contribution in [3.63, 3.8) is 0 Å². The number of rotatable bonds is 8. The Bertz CT molecular complexity index is 598. The predicted molar refractivity (Wildman–Crippen MR) is 86.4 cm³/mol. The van der Waals surface area contributed by atoms with Crippen LogP contribution in [0.25, 0.3) is 0 Å². The molecular weight excluding hydrogens is 308 g/mol. The van der Waals surface area contributed by atoms with Gasteiger partial charge in [-0.25, -0.2) is 13.1 Å². The molecule has 118 valence electrons. The maximum atomic E-state index is 12.5. The summed E-state index contributed by atoms with van der Waals surface area (Å²) in [5.41, 5.74) is 0.907.